The Bertz CT molecular complexity index is 536. The van der Waals surface area contributed by atoms with Gasteiger partial charge in [0, 0.05) is 0 Å². The van der Waals surface area contributed by atoms with Crippen molar-refractivity contribution in [3.8, 4) is 11.5 Å². The van der Waals surface area contributed by atoms with Crippen molar-refractivity contribution in [2.45, 2.75) is 0 Å². The predicted molar refractivity (Wildman–Crippen MR) is 58.3 cm³/mol. The second kappa shape index (κ2) is 4.74. The van der Waals surface area contributed by atoms with Crippen molar-refractivity contribution in [2.24, 2.45) is 0 Å². The first-order valence-electron chi connectivity index (χ1n) is 4.87. The van der Waals surface area contributed by atoms with Gasteiger partial charge < -0.3 is 4.74 Å². The summed E-state index contributed by atoms with van der Waals surface area (Å²) in [5.74, 6) is -0.244. The summed E-state index contributed by atoms with van der Waals surface area (Å²) in [6.45, 7) is 0. The van der Waals surface area contributed by atoms with E-state index in [0.717, 1.165) is 6.07 Å². The van der Waals surface area contributed by atoms with Crippen molar-refractivity contribution < 1.29 is 18.3 Å². The second-order valence-electron chi connectivity index (χ2n) is 3.36. The van der Waals surface area contributed by atoms with E-state index in [1.807, 2.05) is 0 Å². The van der Waals surface area contributed by atoms with Gasteiger partial charge in [-0.3, -0.25) is 4.79 Å². The van der Waals surface area contributed by atoms with Crippen LogP contribution in [0.5, 0.6) is 11.5 Å². The molecule has 0 atom stereocenters. The number of hydrogen-bond donors (Lipinski definition) is 0. The van der Waals surface area contributed by atoms with Crippen LogP contribution in [-0.4, -0.2) is 6.29 Å². The van der Waals surface area contributed by atoms with E-state index >= 15 is 0 Å². The average molecular weight is 234 g/mol. The third kappa shape index (κ3) is 2.66. The van der Waals surface area contributed by atoms with E-state index in [2.05, 4.69) is 0 Å². The summed E-state index contributed by atoms with van der Waals surface area (Å²) in [6, 6.07) is 9.21. The van der Waals surface area contributed by atoms with Crippen molar-refractivity contribution in [1.29, 1.82) is 0 Å². The Morgan fingerprint density at radius 1 is 0.941 bits per heavy atom. The molecule has 0 aliphatic rings. The molecular weight excluding hydrogens is 226 g/mol. The maximum atomic E-state index is 13.0. The van der Waals surface area contributed by atoms with Crippen LogP contribution in [0, 0.1) is 11.6 Å². The second-order valence-corrected chi connectivity index (χ2v) is 3.36. The standard InChI is InChI=1S/C13H8F2O2/c14-10-1-3-11(4-2-10)17-12-5-6-13(15)9(7-12)8-16/h1-8H. The van der Waals surface area contributed by atoms with Crippen molar-refractivity contribution in [2.75, 3.05) is 0 Å². The summed E-state index contributed by atoms with van der Waals surface area (Å²) < 4.78 is 31.0. The molecule has 2 aromatic rings. The first kappa shape index (κ1) is 11.3. The van der Waals surface area contributed by atoms with E-state index in [0.29, 0.717) is 17.8 Å². The molecule has 0 amide bonds. The van der Waals surface area contributed by atoms with Crippen LogP contribution in [-0.2, 0) is 0 Å². The molecule has 0 saturated carbocycles. The van der Waals surface area contributed by atoms with Gasteiger partial charge in [-0.2, -0.15) is 0 Å². The molecule has 0 aliphatic carbocycles. The van der Waals surface area contributed by atoms with Gasteiger partial charge in [-0.1, -0.05) is 0 Å². The lowest BCUT2D eigenvalue weighted by Crippen LogP contribution is -1.90. The molecule has 4 heteroatoms. The minimum absolute atomic E-state index is 0.0791. The number of carbonyl (C=O) groups excluding carboxylic acids is 1. The Labute approximate surface area is 96.5 Å². The fourth-order valence-electron chi connectivity index (χ4n) is 1.31. The van der Waals surface area contributed by atoms with Gasteiger partial charge in [0.25, 0.3) is 0 Å². The first-order valence-corrected chi connectivity index (χ1v) is 4.87. The minimum atomic E-state index is -0.605. The highest BCUT2D eigenvalue weighted by Crippen LogP contribution is 2.23. The highest BCUT2D eigenvalue weighted by Gasteiger charge is 2.04. The fraction of sp³-hybridized carbons (Fsp3) is 0. The molecule has 0 aliphatic heterocycles. The summed E-state index contributed by atoms with van der Waals surface area (Å²) in [7, 11) is 0. The smallest absolute Gasteiger partial charge is 0.153 e. The molecule has 2 nitrogen and oxygen atoms in total. The Kier molecular flexibility index (Phi) is 3.14. The highest BCUT2D eigenvalue weighted by molar-refractivity contribution is 5.76. The van der Waals surface area contributed by atoms with Crippen molar-refractivity contribution in [1.82, 2.24) is 0 Å². The summed E-state index contributed by atoms with van der Waals surface area (Å²) in [6.07, 6.45) is 0.410. The Morgan fingerprint density at radius 3 is 2.24 bits per heavy atom. The van der Waals surface area contributed by atoms with Crippen LogP contribution < -0.4 is 4.74 Å². The number of aldehydes is 1. The quantitative estimate of drug-likeness (QED) is 0.759. The highest BCUT2D eigenvalue weighted by atomic mass is 19.1. The van der Waals surface area contributed by atoms with Gasteiger partial charge in [0.05, 0.1) is 5.56 Å². The first-order chi connectivity index (χ1) is 8.19. The van der Waals surface area contributed by atoms with Gasteiger partial charge in [-0.15, -0.1) is 0 Å². The summed E-state index contributed by atoms with van der Waals surface area (Å²) >= 11 is 0. The summed E-state index contributed by atoms with van der Waals surface area (Å²) in [5, 5.41) is 0. The largest absolute Gasteiger partial charge is 0.457 e. The van der Waals surface area contributed by atoms with E-state index in [1.165, 1.54) is 36.4 Å². The molecule has 0 spiro atoms. The van der Waals surface area contributed by atoms with E-state index in [4.69, 9.17) is 4.74 Å². The van der Waals surface area contributed by atoms with Crippen LogP contribution in [0.3, 0.4) is 0 Å². The molecule has 2 aromatic carbocycles. The topological polar surface area (TPSA) is 26.3 Å². The molecule has 2 rings (SSSR count). The van der Waals surface area contributed by atoms with E-state index < -0.39 is 5.82 Å². The Morgan fingerprint density at radius 2 is 1.59 bits per heavy atom. The van der Waals surface area contributed by atoms with Crippen molar-refractivity contribution in [3.05, 3.63) is 59.7 Å². The lowest BCUT2D eigenvalue weighted by Gasteiger charge is -2.06. The molecular formula is C13H8F2O2. The maximum Gasteiger partial charge on any atom is 0.153 e. The molecule has 0 bridgehead atoms. The van der Waals surface area contributed by atoms with Gasteiger partial charge in [0.15, 0.2) is 6.29 Å². The normalized spacial score (nSPS) is 10.0. The van der Waals surface area contributed by atoms with Crippen LogP contribution in [0.1, 0.15) is 10.4 Å². The molecule has 0 radical (unpaired) electrons. The molecule has 0 heterocycles. The van der Waals surface area contributed by atoms with Gasteiger partial charge in [0.2, 0.25) is 0 Å². The lowest BCUT2D eigenvalue weighted by molar-refractivity contribution is 0.111. The molecule has 0 unspecified atom stereocenters. The average Bonchev–Trinajstić information content (AvgIpc) is 2.34. The number of hydrogen-bond acceptors (Lipinski definition) is 2. The van der Waals surface area contributed by atoms with Crippen LogP contribution in [0.25, 0.3) is 0 Å². The molecule has 0 aromatic heterocycles. The van der Waals surface area contributed by atoms with Crippen molar-refractivity contribution >= 4 is 6.29 Å². The maximum absolute atomic E-state index is 13.0. The third-order valence-electron chi connectivity index (χ3n) is 2.14. The molecule has 0 fully saturated rings. The van der Waals surface area contributed by atoms with E-state index in [9.17, 15) is 13.6 Å². The monoisotopic (exact) mass is 234 g/mol. The number of halogens is 2. The van der Waals surface area contributed by atoms with Crippen LogP contribution in [0.15, 0.2) is 42.5 Å². The number of benzene rings is 2. The van der Waals surface area contributed by atoms with Gasteiger partial charge in [0.1, 0.15) is 23.1 Å². The summed E-state index contributed by atoms with van der Waals surface area (Å²) in [4.78, 5) is 10.5. The van der Waals surface area contributed by atoms with Gasteiger partial charge in [-0.05, 0) is 42.5 Å². The molecule has 0 N–H and O–H groups in total. The predicted octanol–water partition coefficient (Wildman–Crippen LogP) is 3.57. The number of carbonyl (C=O) groups is 1. The van der Waals surface area contributed by atoms with Crippen LogP contribution in [0.4, 0.5) is 8.78 Å². The third-order valence-corrected chi connectivity index (χ3v) is 2.14. The molecule has 86 valence electrons. The van der Waals surface area contributed by atoms with Crippen LogP contribution in [0.2, 0.25) is 0 Å². The van der Waals surface area contributed by atoms with Crippen LogP contribution >= 0.6 is 0 Å². The minimum Gasteiger partial charge on any atom is -0.457 e. The molecule has 17 heavy (non-hydrogen) atoms. The fourth-order valence-corrected chi connectivity index (χ4v) is 1.31. The summed E-state index contributed by atoms with van der Waals surface area (Å²) in [5.41, 5.74) is -0.0791. The zero-order valence-corrected chi connectivity index (χ0v) is 8.69. The van der Waals surface area contributed by atoms with Gasteiger partial charge in [-0.25, -0.2) is 8.78 Å². The van der Waals surface area contributed by atoms with E-state index in [1.54, 1.807) is 0 Å². The number of ether oxygens (including phenoxy) is 1. The Balaban J connectivity index is 2.24. The zero-order chi connectivity index (χ0) is 12.3. The number of rotatable bonds is 3. The zero-order valence-electron chi connectivity index (χ0n) is 8.69. The van der Waals surface area contributed by atoms with Crippen molar-refractivity contribution in [3.63, 3.8) is 0 Å². The van der Waals surface area contributed by atoms with Gasteiger partial charge >= 0.3 is 0 Å². The SMILES string of the molecule is O=Cc1cc(Oc2ccc(F)cc2)ccc1F. The van der Waals surface area contributed by atoms with E-state index in [-0.39, 0.29) is 11.4 Å². The lowest BCUT2D eigenvalue weighted by atomic mass is 10.2. The molecule has 0 saturated heterocycles. The Hall–Kier alpha value is -2.23.